The van der Waals surface area contributed by atoms with Crippen molar-refractivity contribution in [1.29, 1.82) is 0 Å². The zero-order valence-electron chi connectivity index (χ0n) is 16.5. The molecule has 1 saturated heterocycles. The first-order chi connectivity index (χ1) is 14.3. The van der Waals surface area contributed by atoms with E-state index < -0.39 is 14.9 Å². The van der Waals surface area contributed by atoms with Gasteiger partial charge in [-0.2, -0.15) is 4.31 Å². The molecule has 0 spiro atoms. The van der Waals surface area contributed by atoms with Crippen molar-refractivity contribution < 1.29 is 27.6 Å². The van der Waals surface area contributed by atoms with E-state index in [-0.39, 0.29) is 42.7 Å². The van der Waals surface area contributed by atoms with Gasteiger partial charge in [0.15, 0.2) is 0 Å². The number of nitrogens with zero attached hydrogens (tertiary/aromatic N) is 3. The van der Waals surface area contributed by atoms with Gasteiger partial charge in [-0.05, 0) is 30.3 Å². The number of ether oxygens (including phenoxy) is 2. The highest BCUT2D eigenvalue weighted by molar-refractivity contribution is 7.89. The standard InChI is InChI=1S/C19H21N3O7S/c1-28-15-5-8-18(29-2)17(13-15)19(23)20-9-11-21(12-10-20)30(26,27)16-6-3-14(4-7-16)22(24)25/h3-8,13H,9-12H2,1-2H3. The first-order valence-corrected chi connectivity index (χ1v) is 10.5. The van der Waals surface area contributed by atoms with E-state index >= 15 is 0 Å². The highest BCUT2D eigenvalue weighted by Gasteiger charge is 2.31. The number of nitro benzene ring substituents is 1. The Morgan fingerprint density at radius 3 is 2.17 bits per heavy atom. The third kappa shape index (κ3) is 4.21. The molecule has 1 aliphatic heterocycles. The molecule has 0 aliphatic carbocycles. The number of sulfonamides is 1. The summed E-state index contributed by atoms with van der Waals surface area (Å²) in [6.07, 6.45) is 0. The zero-order valence-corrected chi connectivity index (χ0v) is 17.3. The summed E-state index contributed by atoms with van der Waals surface area (Å²) in [5, 5.41) is 10.8. The van der Waals surface area contributed by atoms with Gasteiger partial charge < -0.3 is 14.4 Å². The fourth-order valence-electron chi connectivity index (χ4n) is 3.17. The Hall–Kier alpha value is -3.18. The summed E-state index contributed by atoms with van der Waals surface area (Å²) < 4.78 is 37.3. The van der Waals surface area contributed by atoms with E-state index in [0.717, 1.165) is 12.1 Å². The summed E-state index contributed by atoms with van der Waals surface area (Å²) in [5.41, 5.74) is 0.153. The number of rotatable bonds is 6. The minimum Gasteiger partial charge on any atom is -0.497 e. The summed E-state index contributed by atoms with van der Waals surface area (Å²) in [6.45, 7) is 0.617. The Bertz CT molecular complexity index is 1050. The van der Waals surface area contributed by atoms with Crippen molar-refractivity contribution in [3.63, 3.8) is 0 Å². The fourth-order valence-corrected chi connectivity index (χ4v) is 4.59. The number of nitro groups is 1. The maximum atomic E-state index is 12.9. The highest BCUT2D eigenvalue weighted by Crippen LogP contribution is 2.26. The highest BCUT2D eigenvalue weighted by atomic mass is 32.2. The molecule has 0 unspecified atom stereocenters. The molecule has 2 aromatic rings. The van der Waals surface area contributed by atoms with Gasteiger partial charge in [-0.15, -0.1) is 0 Å². The van der Waals surface area contributed by atoms with Crippen molar-refractivity contribution in [2.75, 3.05) is 40.4 Å². The van der Waals surface area contributed by atoms with Crippen LogP contribution in [0, 0.1) is 10.1 Å². The van der Waals surface area contributed by atoms with E-state index in [9.17, 15) is 23.3 Å². The van der Waals surface area contributed by atoms with Crippen molar-refractivity contribution in [2.24, 2.45) is 0 Å². The third-order valence-corrected chi connectivity index (χ3v) is 6.76. The molecule has 0 N–H and O–H groups in total. The van der Waals surface area contributed by atoms with Crippen LogP contribution in [0.25, 0.3) is 0 Å². The molecule has 1 aliphatic rings. The average molecular weight is 435 g/mol. The van der Waals surface area contributed by atoms with E-state index in [0.29, 0.717) is 17.1 Å². The van der Waals surface area contributed by atoms with Gasteiger partial charge in [0.2, 0.25) is 10.0 Å². The lowest BCUT2D eigenvalue weighted by molar-refractivity contribution is -0.384. The van der Waals surface area contributed by atoms with Gasteiger partial charge in [0.25, 0.3) is 11.6 Å². The Labute approximate surface area is 173 Å². The van der Waals surface area contributed by atoms with Crippen LogP contribution in [0.4, 0.5) is 5.69 Å². The van der Waals surface area contributed by atoms with Crippen molar-refractivity contribution in [2.45, 2.75) is 4.90 Å². The van der Waals surface area contributed by atoms with Gasteiger partial charge in [-0.3, -0.25) is 14.9 Å². The van der Waals surface area contributed by atoms with Crippen molar-refractivity contribution in [3.8, 4) is 11.5 Å². The second kappa shape index (κ2) is 8.67. The summed E-state index contributed by atoms with van der Waals surface area (Å²) in [6, 6.07) is 9.65. The molecule has 11 heteroatoms. The molecule has 10 nitrogen and oxygen atoms in total. The average Bonchev–Trinajstić information content (AvgIpc) is 2.78. The first kappa shape index (κ1) is 21.5. The number of hydrogen-bond acceptors (Lipinski definition) is 7. The van der Waals surface area contributed by atoms with Crippen LogP contribution < -0.4 is 9.47 Å². The summed E-state index contributed by atoms with van der Waals surface area (Å²) in [7, 11) is -0.850. The number of amides is 1. The van der Waals surface area contributed by atoms with Crippen molar-refractivity contribution in [1.82, 2.24) is 9.21 Å². The molecule has 0 atom stereocenters. The van der Waals surface area contributed by atoms with Gasteiger partial charge in [-0.25, -0.2) is 8.42 Å². The molecule has 30 heavy (non-hydrogen) atoms. The molecule has 3 rings (SSSR count). The molecule has 0 saturated carbocycles. The molecular formula is C19H21N3O7S. The van der Waals surface area contributed by atoms with Crippen LogP contribution in [-0.4, -0.2) is 68.9 Å². The van der Waals surface area contributed by atoms with Gasteiger partial charge in [0, 0.05) is 38.3 Å². The quantitative estimate of drug-likeness (QED) is 0.501. The van der Waals surface area contributed by atoms with E-state index in [1.54, 1.807) is 23.1 Å². The number of benzene rings is 2. The van der Waals surface area contributed by atoms with Crippen molar-refractivity contribution >= 4 is 21.6 Å². The first-order valence-electron chi connectivity index (χ1n) is 9.04. The van der Waals surface area contributed by atoms with Crippen LogP contribution in [0.2, 0.25) is 0 Å². The van der Waals surface area contributed by atoms with Crippen LogP contribution in [0.15, 0.2) is 47.4 Å². The number of piperazine rings is 1. The molecule has 0 radical (unpaired) electrons. The second-order valence-corrected chi connectivity index (χ2v) is 8.45. The molecule has 1 amide bonds. The number of methoxy groups -OCH3 is 2. The van der Waals surface area contributed by atoms with Gasteiger partial charge in [-0.1, -0.05) is 0 Å². The third-order valence-electron chi connectivity index (χ3n) is 4.85. The minimum absolute atomic E-state index is 0.0256. The predicted molar refractivity (Wildman–Crippen MR) is 107 cm³/mol. The van der Waals surface area contributed by atoms with Crippen LogP contribution in [-0.2, 0) is 10.0 Å². The van der Waals surface area contributed by atoms with E-state index in [1.165, 1.54) is 30.7 Å². The summed E-state index contributed by atoms with van der Waals surface area (Å²) in [4.78, 5) is 24.6. The van der Waals surface area contributed by atoms with Crippen LogP contribution in [0.1, 0.15) is 10.4 Å². The number of carbonyl (C=O) groups is 1. The SMILES string of the molecule is COc1ccc(OC)c(C(=O)N2CCN(S(=O)(=O)c3ccc([N+](=O)[O-])cc3)CC2)c1. The Morgan fingerprint density at radius 1 is 1.00 bits per heavy atom. The van der Waals surface area contributed by atoms with E-state index in [1.807, 2.05) is 0 Å². The lowest BCUT2D eigenvalue weighted by atomic mass is 10.1. The topological polar surface area (TPSA) is 119 Å². The smallest absolute Gasteiger partial charge is 0.269 e. The second-order valence-electron chi connectivity index (χ2n) is 6.51. The number of carbonyl (C=O) groups excluding carboxylic acids is 1. The predicted octanol–water partition coefficient (Wildman–Crippen LogP) is 1.76. The summed E-state index contributed by atoms with van der Waals surface area (Å²) in [5.74, 6) is 0.637. The monoisotopic (exact) mass is 435 g/mol. The normalized spacial score (nSPS) is 14.9. The lowest BCUT2D eigenvalue weighted by Crippen LogP contribution is -2.50. The Balaban J connectivity index is 1.72. The van der Waals surface area contributed by atoms with E-state index in [4.69, 9.17) is 9.47 Å². The molecule has 2 aromatic carbocycles. The fraction of sp³-hybridized carbons (Fsp3) is 0.316. The number of non-ortho nitro benzene ring substituents is 1. The lowest BCUT2D eigenvalue weighted by Gasteiger charge is -2.34. The Kier molecular flexibility index (Phi) is 6.22. The summed E-state index contributed by atoms with van der Waals surface area (Å²) >= 11 is 0. The maximum Gasteiger partial charge on any atom is 0.269 e. The number of hydrogen-bond donors (Lipinski definition) is 0. The van der Waals surface area contributed by atoms with Gasteiger partial charge in [0.05, 0.1) is 29.6 Å². The van der Waals surface area contributed by atoms with Crippen LogP contribution >= 0.6 is 0 Å². The zero-order chi connectivity index (χ0) is 21.9. The van der Waals surface area contributed by atoms with E-state index in [2.05, 4.69) is 0 Å². The molecular weight excluding hydrogens is 414 g/mol. The van der Waals surface area contributed by atoms with Crippen LogP contribution in [0.5, 0.6) is 11.5 Å². The Morgan fingerprint density at radius 2 is 1.63 bits per heavy atom. The molecule has 0 aromatic heterocycles. The molecule has 160 valence electrons. The van der Waals surface area contributed by atoms with Gasteiger partial charge in [0.1, 0.15) is 11.5 Å². The molecule has 0 bridgehead atoms. The van der Waals surface area contributed by atoms with Crippen LogP contribution in [0.3, 0.4) is 0 Å². The molecule has 1 heterocycles. The minimum atomic E-state index is -3.81. The molecule has 1 fully saturated rings. The van der Waals surface area contributed by atoms with Crippen molar-refractivity contribution in [3.05, 3.63) is 58.1 Å². The largest absolute Gasteiger partial charge is 0.497 e. The maximum absolute atomic E-state index is 12.9. The van der Waals surface area contributed by atoms with Gasteiger partial charge >= 0.3 is 0 Å².